The van der Waals surface area contributed by atoms with Crippen molar-refractivity contribution in [1.82, 2.24) is 9.88 Å². The van der Waals surface area contributed by atoms with Crippen molar-refractivity contribution >= 4 is 67.9 Å². The van der Waals surface area contributed by atoms with Gasteiger partial charge in [-0.3, -0.25) is 9.69 Å². The molecule has 0 bridgehead atoms. The minimum absolute atomic E-state index is 0. The molecule has 0 spiro atoms. The van der Waals surface area contributed by atoms with Crippen LogP contribution in [0.25, 0.3) is 10.2 Å². The normalized spacial score (nSPS) is 11.0. The molecule has 0 aliphatic heterocycles. The van der Waals surface area contributed by atoms with Crippen molar-refractivity contribution in [3.8, 4) is 0 Å². The molecule has 2 aromatic heterocycles. The molecule has 4 nitrogen and oxygen atoms in total. The molecule has 0 N–H and O–H groups in total. The lowest BCUT2D eigenvalue weighted by Crippen LogP contribution is -2.36. The van der Waals surface area contributed by atoms with Gasteiger partial charge in [0.25, 0.3) is 5.91 Å². The van der Waals surface area contributed by atoms with Gasteiger partial charge < -0.3 is 4.90 Å². The van der Waals surface area contributed by atoms with Crippen LogP contribution in [-0.2, 0) is 0 Å². The molecule has 140 valence electrons. The van der Waals surface area contributed by atoms with E-state index < -0.39 is 11.6 Å². The number of thiazole rings is 1. The first-order chi connectivity index (χ1) is 11.8. The van der Waals surface area contributed by atoms with Crippen molar-refractivity contribution in [2.45, 2.75) is 0 Å². The second-order valence-electron chi connectivity index (χ2n) is 5.59. The van der Waals surface area contributed by atoms with Crippen LogP contribution in [0.4, 0.5) is 13.9 Å². The van der Waals surface area contributed by atoms with Crippen molar-refractivity contribution in [3.05, 3.63) is 45.1 Å². The first-order valence-corrected chi connectivity index (χ1v) is 9.34. The largest absolute Gasteiger partial charge is 0.308 e. The number of halogens is 4. The summed E-state index contributed by atoms with van der Waals surface area (Å²) in [6.45, 7) is 0.961. The van der Waals surface area contributed by atoms with E-state index in [9.17, 15) is 13.6 Å². The fourth-order valence-corrected chi connectivity index (χ4v) is 4.23. The first kappa shape index (κ1) is 21.0. The van der Waals surface area contributed by atoms with Gasteiger partial charge in [-0.1, -0.05) is 22.9 Å². The standard InChI is InChI=1S/C16H14ClF2N3OS2.ClH/c1-21(2)5-6-22(15(23)11-3-4-13(17)24-11)16-20-14-10(19)7-9(18)8-12(14)25-16;/h3-4,7-8H,5-6H2,1-2H3;1H. The Morgan fingerprint density at radius 2 is 1.92 bits per heavy atom. The Hall–Kier alpha value is -1.32. The van der Waals surface area contributed by atoms with Crippen molar-refractivity contribution in [1.29, 1.82) is 0 Å². The second kappa shape index (κ2) is 8.58. The Kier molecular flexibility index (Phi) is 6.92. The van der Waals surface area contributed by atoms with Crippen molar-refractivity contribution in [3.63, 3.8) is 0 Å². The third-order valence-electron chi connectivity index (χ3n) is 3.43. The molecular weight excluding hydrogens is 423 g/mol. The Morgan fingerprint density at radius 1 is 1.19 bits per heavy atom. The molecule has 0 aliphatic carbocycles. The van der Waals surface area contributed by atoms with Crippen LogP contribution in [0.5, 0.6) is 0 Å². The third-order valence-corrected chi connectivity index (χ3v) is 5.68. The lowest BCUT2D eigenvalue weighted by molar-refractivity contribution is 0.0989. The van der Waals surface area contributed by atoms with E-state index in [1.54, 1.807) is 12.1 Å². The summed E-state index contributed by atoms with van der Waals surface area (Å²) in [6, 6.07) is 5.30. The molecule has 0 saturated heterocycles. The van der Waals surface area contributed by atoms with Gasteiger partial charge in [0, 0.05) is 19.2 Å². The average molecular weight is 438 g/mol. The Morgan fingerprint density at radius 3 is 2.54 bits per heavy atom. The molecule has 0 fully saturated rings. The SMILES string of the molecule is CN(C)CCN(C(=O)c1ccc(Cl)s1)c1nc2c(F)cc(F)cc2s1.Cl. The number of hydrogen-bond acceptors (Lipinski definition) is 5. The van der Waals surface area contributed by atoms with Gasteiger partial charge in [0.05, 0.1) is 13.9 Å². The van der Waals surface area contributed by atoms with Crippen molar-refractivity contribution in [2.75, 3.05) is 32.1 Å². The maximum atomic E-state index is 13.9. The molecule has 3 rings (SSSR count). The van der Waals surface area contributed by atoms with Crippen LogP contribution in [0.2, 0.25) is 4.34 Å². The Balaban J connectivity index is 0.00000243. The minimum Gasteiger partial charge on any atom is -0.308 e. The predicted octanol–water partition coefficient (Wildman–Crippen LogP) is 4.92. The molecule has 0 saturated carbocycles. The maximum Gasteiger partial charge on any atom is 0.270 e. The van der Waals surface area contributed by atoms with Gasteiger partial charge in [0.15, 0.2) is 10.9 Å². The van der Waals surface area contributed by atoms with E-state index in [0.29, 0.717) is 32.1 Å². The molecule has 0 atom stereocenters. The number of nitrogens with zero attached hydrogens (tertiary/aromatic N) is 3. The van der Waals surface area contributed by atoms with Crippen LogP contribution in [-0.4, -0.2) is 43.0 Å². The van der Waals surface area contributed by atoms with Gasteiger partial charge in [0.2, 0.25) is 0 Å². The van der Waals surface area contributed by atoms with E-state index in [2.05, 4.69) is 4.98 Å². The lowest BCUT2D eigenvalue weighted by atomic mass is 10.3. The number of thiophene rings is 1. The fourth-order valence-electron chi connectivity index (χ4n) is 2.21. The number of hydrogen-bond donors (Lipinski definition) is 0. The zero-order chi connectivity index (χ0) is 18.1. The molecule has 0 aliphatic rings. The summed E-state index contributed by atoms with van der Waals surface area (Å²) in [4.78, 5) is 20.9. The van der Waals surface area contributed by atoms with Crippen LogP contribution >= 0.6 is 46.7 Å². The molecule has 26 heavy (non-hydrogen) atoms. The van der Waals surface area contributed by atoms with Crippen LogP contribution in [0, 0.1) is 11.6 Å². The van der Waals surface area contributed by atoms with E-state index in [4.69, 9.17) is 11.6 Å². The number of carbonyl (C=O) groups is 1. The number of aromatic nitrogens is 1. The highest BCUT2D eigenvalue weighted by atomic mass is 35.5. The molecule has 0 unspecified atom stereocenters. The summed E-state index contributed by atoms with van der Waals surface area (Å²) >= 11 is 8.17. The summed E-state index contributed by atoms with van der Waals surface area (Å²) in [6.07, 6.45) is 0. The highest BCUT2D eigenvalue weighted by Crippen LogP contribution is 2.33. The number of carbonyl (C=O) groups excluding carboxylic acids is 1. The zero-order valence-corrected chi connectivity index (χ0v) is 17.0. The predicted molar refractivity (Wildman–Crippen MR) is 106 cm³/mol. The van der Waals surface area contributed by atoms with E-state index in [1.807, 2.05) is 19.0 Å². The number of rotatable bonds is 5. The van der Waals surface area contributed by atoms with E-state index in [-0.39, 0.29) is 23.8 Å². The van der Waals surface area contributed by atoms with Crippen LogP contribution in [0.3, 0.4) is 0 Å². The lowest BCUT2D eigenvalue weighted by Gasteiger charge is -2.21. The summed E-state index contributed by atoms with van der Waals surface area (Å²) < 4.78 is 28.2. The zero-order valence-electron chi connectivity index (χ0n) is 13.8. The monoisotopic (exact) mass is 437 g/mol. The molecule has 3 aromatic rings. The molecule has 1 aromatic carbocycles. The minimum atomic E-state index is -0.739. The highest BCUT2D eigenvalue weighted by Gasteiger charge is 2.23. The third kappa shape index (κ3) is 4.50. The van der Waals surface area contributed by atoms with Gasteiger partial charge in [-0.2, -0.15) is 0 Å². The Labute approximate surface area is 168 Å². The van der Waals surface area contributed by atoms with E-state index in [1.165, 1.54) is 22.3 Å². The van der Waals surface area contributed by atoms with Gasteiger partial charge in [-0.05, 0) is 32.3 Å². The molecular formula is C16H15Cl2F2N3OS2. The van der Waals surface area contributed by atoms with Gasteiger partial charge in [0.1, 0.15) is 11.3 Å². The summed E-state index contributed by atoms with van der Waals surface area (Å²) in [5.74, 6) is -1.67. The molecule has 1 amide bonds. The number of benzene rings is 1. The maximum absolute atomic E-state index is 13.9. The van der Waals surface area contributed by atoms with Crippen LogP contribution in [0.1, 0.15) is 9.67 Å². The molecule has 2 heterocycles. The fraction of sp³-hybridized carbons (Fsp3) is 0.250. The number of likely N-dealkylation sites (N-methyl/N-ethyl adjacent to an activating group) is 1. The summed E-state index contributed by atoms with van der Waals surface area (Å²) in [7, 11) is 3.77. The Bertz CT molecular complexity index is 930. The number of anilines is 1. The first-order valence-electron chi connectivity index (χ1n) is 7.32. The van der Waals surface area contributed by atoms with Gasteiger partial charge in [-0.15, -0.1) is 23.7 Å². The van der Waals surface area contributed by atoms with Crippen molar-refractivity contribution in [2.24, 2.45) is 0 Å². The average Bonchev–Trinajstić information content (AvgIpc) is 3.13. The number of fused-ring (bicyclic) bond motifs is 1. The molecule has 10 heteroatoms. The second-order valence-corrected chi connectivity index (χ2v) is 8.32. The number of amides is 1. The molecule has 0 radical (unpaired) electrons. The smallest absolute Gasteiger partial charge is 0.270 e. The van der Waals surface area contributed by atoms with Crippen molar-refractivity contribution < 1.29 is 13.6 Å². The van der Waals surface area contributed by atoms with Crippen LogP contribution < -0.4 is 4.90 Å². The quantitative estimate of drug-likeness (QED) is 0.568. The van der Waals surface area contributed by atoms with E-state index in [0.717, 1.165) is 17.4 Å². The van der Waals surface area contributed by atoms with Crippen LogP contribution in [0.15, 0.2) is 24.3 Å². The highest BCUT2D eigenvalue weighted by molar-refractivity contribution is 7.22. The topological polar surface area (TPSA) is 36.4 Å². The van der Waals surface area contributed by atoms with E-state index >= 15 is 0 Å². The summed E-state index contributed by atoms with van der Waals surface area (Å²) in [5.41, 5.74) is 0.0632. The van der Waals surface area contributed by atoms with Gasteiger partial charge >= 0.3 is 0 Å². The van der Waals surface area contributed by atoms with Gasteiger partial charge in [-0.25, -0.2) is 13.8 Å². The summed E-state index contributed by atoms with van der Waals surface area (Å²) in [5, 5.41) is 0.330.